The van der Waals surface area contributed by atoms with Crippen molar-refractivity contribution < 1.29 is 36.6 Å². The largest absolute Gasteiger partial charge is 0.460 e. The molecule has 3 aliphatic rings. The first kappa shape index (κ1) is 19.6. The van der Waals surface area contributed by atoms with Crippen molar-refractivity contribution in [2.45, 2.75) is 50.4 Å². The Kier molecular flexibility index (Phi) is 4.48. The molecule has 0 aromatic carbocycles. The summed E-state index contributed by atoms with van der Waals surface area (Å²) in [5, 5.41) is 4.48. The standard InChI is InChI=1S/C20H21F3N2O5/c1-2-28-18(26)17-15(20(21,22)23)14-13(30-17)7-19(3-4-19)12-9-25(24-16(12)14)8-11-10-27-5-6-29-11/h9,11H,2-8,10H2,1H3/t11-/m0/s1. The van der Waals surface area contributed by atoms with E-state index in [9.17, 15) is 18.0 Å². The van der Waals surface area contributed by atoms with Crippen LogP contribution in [0.1, 0.15) is 47.2 Å². The van der Waals surface area contributed by atoms with Gasteiger partial charge >= 0.3 is 12.1 Å². The topological polar surface area (TPSA) is 75.7 Å². The van der Waals surface area contributed by atoms with Crippen LogP contribution in [0.4, 0.5) is 13.2 Å². The molecular weight excluding hydrogens is 405 g/mol. The van der Waals surface area contributed by atoms with Crippen LogP contribution in [0.2, 0.25) is 0 Å². The molecule has 3 heterocycles. The molecule has 0 unspecified atom stereocenters. The maximum atomic E-state index is 14.0. The summed E-state index contributed by atoms with van der Waals surface area (Å²) in [5.74, 6) is -1.76. The average Bonchev–Trinajstić information content (AvgIpc) is 3.14. The lowest BCUT2D eigenvalue weighted by Crippen LogP contribution is -2.32. The van der Waals surface area contributed by atoms with Crippen LogP contribution in [0.15, 0.2) is 10.6 Å². The molecule has 2 aliphatic carbocycles. The number of rotatable bonds is 4. The summed E-state index contributed by atoms with van der Waals surface area (Å²) in [4.78, 5) is 12.2. The van der Waals surface area contributed by atoms with Crippen molar-refractivity contribution in [3.05, 3.63) is 28.8 Å². The number of halogens is 3. The van der Waals surface area contributed by atoms with Crippen molar-refractivity contribution in [3.8, 4) is 11.3 Å². The number of fused-ring (bicyclic) bond motifs is 4. The molecule has 1 spiro atoms. The van der Waals surface area contributed by atoms with Gasteiger partial charge in [-0.2, -0.15) is 18.3 Å². The lowest BCUT2D eigenvalue weighted by Gasteiger charge is -2.22. The molecule has 1 aliphatic heterocycles. The number of aromatic nitrogens is 2. The normalized spacial score (nSPS) is 21.9. The van der Waals surface area contributed by atoms with E-state index in [-0.39, 0.29) is 35.1 Å². The molecule has 2 aromatic heterocycles. The minimum Gasteiger partial charge on any atom is -0.460 e. The Hall–Kier alpha value is -2.33. The van der Waals surface area contributed by atoms with Crippen molar-refractivity contribution in [2.75, 3.05) is 26.4 Å². The lowest BCUT2D eigenvalue weighted by molar-refractivity contribution is -0.138. The second-order valence-corrected chi connectivity index (χ2v) is 7.96. The molecule has 0 N–H and O–H groups in total. The molecule has 2 fully saturated rings. The van der Waals surface area contributed by atoms with E-state index in [1.54, 1.807) is 10.9 Å². The van der Waals surface area contributed by atoms with Gasteiger partial charge in [0.25, 0.3) is 0 Å². The number of ether oxygens (including phenoxy) is 3. The quantitative estimate of drug-likeness (QED) is 0.698. The average molecular weight is 426 g/mol. The van der Waals surface area contributed by atoms with E-state index in [4.69, 9.17) is 18.6 Å². The molecule has 1 atom stereocenters. The van der Waals surface area contributed by atoms with Gasteiger partial charge in [0.05, 0.1) is 38.5 Å². The first-order valence-corrected chi connectivity index (χ1v) is 10.00. The van der Waals surface area contributed by atoms with Gasteiger partial charge in [0, 0.05) is 23.6 Å². The van der Waals surface area contributed by atoms with Gasteiger partial charge in [-0.05, 0) is 19.8 Å². The van der Waals surface area contributed by atoms with Gasteiger partial charge in [0.15, 0.2) is 0 Å². The third kappa shape index (κ3) is 3.13. The van der Waals surface area contributed by atoms with Crippen LogP contribution in [0.5, 0.6) is 0 Å². The van der Waals surface area contributed by atoms with Crippen LogP contribution in [-0.4, -0.2) is 48.3 Å². The fourth-order valence-corrected chi connectivity index (χ4v) is 4.40. The minimum absolute atomic E-state index is 0.0469. The first-order chi connectivity index (χ1) is 14.3. The van der Waals surface area contributed by atoms with Crippen molar-refractivity contribution >= 4 is 5.97 Å². The van der Waals surface area contributed by atoms with Gasteiger partial charge < -0.3 is 18.6 Å². The van der Waals surface area contributed by atoms with Crippen molar-refractivity contribution in [3.63, 3.8) is 0 Å². The third-order valence-electron chi connectivity index (χ3n) is 5.92. The molecule has 0 amide bonds. The van der Waals surface area contributed by atoms with Crippen molar-refractivity contribution in [1.82, 2.24) is 9.78 Å². The Bertz CT molecular complexity index is 983. The number of esters is 1. The summed E-state index contributed by atoms with van der Waals surface area (Å²) < 4.78 is 65.0. The smallest absolute Gasteiger partial charge is 0.421 e. The second kappa shape index (κ2) is 6.84. The molecule has 0 bridgehead atoms. The summed E-state index contributed by atoms with van der Waals surface area (Å²) in [6.07, 6.45) is -1.20. The molecule has 1 saturated carbocycles. The van der Waals surface area contributed by atoms with Crippen LogP contribution < -0.4 is 0 Å². The summed E-state index contributed by atoms with van der Waals surface area (Å²) in [7, 11) is 0. The number of alkyl halides is 3. The molecular formula is C20H21F3N2O5. The number of hydrogen-bond donors (Lipinski definition) is 0. The van der Waals surface area contributed by atoms with E-state index in [0.29, 0.717) is 32.8 Å². The molecule has 1 saturated heterocycles. The van der Waals surface area contributed by atoms with Crippen LogP contribution >= 0.6 is 0 Å². The lowest BCUT2D eigenvalue weighted by atomic mass is 9.82. The van der Waals surface area contributed by atoms with Gasteiger partial charge in [-0.1, -0.05) is 0 Å². The van der Waals surface area contributed by atoms with E-state index >= 15 is 0 Å². The summed E-state index contributed by atoms with van der Waals surface area (Å²) in [6.45, 7) is 3.27. The Morgan fingerprint density at radius 1 is 1.37 bits per heavy atom. The predicted molar refractivity (Wildman–Crippen MR) is 96.1 cm³/mol. The fourth-order valence-electron chi connectivity index (χ4n) is 4.40. The Morgan fingerprint density at radius 3 is 2.80 bits per heavy atom. The number of furan rings is 1. The highest BCUT2D eigenvalue weighted by Gasteiger charge is 2.55. The van der Waals surface area contributed by atoms with E-state index < -0.39 is 23.5 Å². The Balaban J connectivity index is 1.61. The first-order valence-electron chi connectivity index (χ1n) is 10.00. The van der Waals surface area contributed by atoms with Crippen LogP contribution in [0, 0.1) is 0 Å². The summed E-state index contributed by atoms with van der Waals surface area (Å²) in [5.41, 5.74) is -0.518. The highest BCUT2D eigenvalue weighted by atomic mass is 19.4. The van der Waals surface area contributed by atoms with Crippen LogP contribution in [0.3, 0.4) is 0 Å². The molecule has 30 heavy (non-hydrogen) atoms. The fraction of sp³-hybridized carbons (Fsp3) is 0.600. The zero-order valence-electron chi connectivity index (χ0n) is 16.4. The zero-order chi connectivity index (χ0) is 21.1. The van der Waals surface area contributed by atoms with Gasteiger partial charge in [0.1, 0.15) is 23.1 Å². The van der Waals surface area contributed by atoms with Gasteiger partial charge in [0.2, 0.25) is 5.76 Å². The molecule has 2 aromatic rings. The SMILES string of the molecule is CCOC(=O)c1oc2c(c1C(F)(F)F)-c1nn(C[C@H]3COCCO3)cc1C1(CC1)C2. The number of carbonyl (C=O) groups excluding carboxylic acids is 1. The Labute approximate surface area is 170 Å². The monoisotopic (exact) mass is 426 g/mol. The number of hydrogen-bond acceptors (Lipinski definition) is 6. The van der Waals surface area contributed by atoms with Crippen molar-refractivity contribution in [2.24, 2.45) is 0 Å². The maximum absolute atomic E-state index is 14.0. The van der Waals surface area contributed by atoms with E-state index in [1.807, 2.05) is 0 Å². The zero-order valence-corrected chi connectivity index (χ0v) is 16.4. The number of carbonyl (C=O) groups is 1. The second-order valence-electron chi connectivity index (χ2n) is 7.96. The van der Waals surface area contributed by atoms with E-state index in [0.717, 1.165) is 18.4 Å². The minimum atomic E-state index is -4.78. The Morgan fingerprint density at radius 2 is 2.17 bits per heavy atom. The molecule has 162 valence electrons. The number of nitrogens with zero attached hydrogens (tertiary/aromatic N) is 2. The summed E-state index contributed by atoms with van der Waals surface area (Å²) in [6, 6.07) is 0. The molecule has 0 radical (unpaired) electrons. The van der Waals surface area contributed by atoms with Crippen molar-refractivity contribution in [1.29, 1.82) is 0 Å². The molecule has 5 rings (SSSR count). The van der Waals surface area contributed by atoms with Gasteiger partial charge in [-0.25, -0.2) is 4.79 Å². The highest BCUT2D eigenvalue weighted by molar-refractivity contribution is 5.92. The van der Waals surface area contributed by atoms with Crippen LogP contribution in [-0.2, 0) is 38.8 Å². The molecule has 10 heteroatoms. The molecule has 7 nitrogen and oxygen atoms in total. The van der Waals surface area contributed by atoms with E-state index in [2.05, 4.69) is 5.10 Å². The predicted octanol–water partition coefficient (Wildman–Crippen LogP) is 3.34. The van der Waals surface area contributed by atoms with Gasteiger partial charge in [-0.3, -0.25) is 4.68 Å². The summed E-state index contributed by atoms with van der Waals surface area (Å²) >= 11 is 0. The highest BCUT2D eigenvalue weighted by Crippen LogP contribution is 2.59. The maximum Gasteiger partial charge on any atom is 0.421 e. The third-order valence-corrected chi connectivity index (χ3v) is 5.92. The van der Waals surface area contributed by atoms with E-state index in [1.165, 1.54) is 6.92 Å². The van der Waals surface area contributed by atoms with Gasteiger partial charge in [-0.15, -0.1) is 0 Å². The van der Waals surface area contributed by atoms with Crippen LogP contribution in [0.25, 0.3) is 11.3 Å².